The second-order valence-corrected chi connectivity index (χ2v) is 5.64. The SMILES string of the molecule is CC.O=C1CCC(N2Cc3c(ccc(Br)c3F)C2=O)C(=O)N1. The fourth-order valence-corrected chi connectivity index (χ4v) is 2.95. The topological polar surface area (TPSA) is 66.5 Å². The number of rotatable bonds is 1. The zero-order valence-corrected chi connectivity index (χ0v) is 13.9. The molecule has 0 aliphatic carbocycles. The van der Waals surface area contributed by atoms with Crippen molar-refractivity contribution in [3.05, 3.63) is 33.5 Å². The lowest BCUT2D eigenvalue weighted by molar-refractivity contribution is -0.136. The zero-order chi connectivity index (χ0) is 16.4. The maximum Gasteiger partial charge on any atom is 0.255 e. The first-order valence-corrected chi connectivity index (χ1v) is 7.90. The number of nitrogens with zero attached hydrogens (tertiary/aromatic N) is 1. The summed E-state index contributed by atoms with van der Waals surface area (Å²) in [6, 6.07) is 2.29. The van der Waals surface area contributed by atoms with E-state index in [9.17, 15) is 18.8 Å². The third-order valence-electron chi connectivity index (χ3n) is 3.60. The number of halogens is 2. The Morgan fingerprint density at radius 1 is 1.27 bits per heavy atom. The molecule has 0 aromatic heterocycles. The molecule has 22 heavy (non-hydrogen) atoms. The molecule has 1 saturated heterocycles. The number of carbonyl (C=O) groups excluding carboxylic acids is 3. The normalized spacial score (nSPS) is 20.3. The number of hydrogen-bond donors (Lipinski definition) is 1. The maximum absolute atomic E-state index is 14.0. The van der Waals surface area contributed by atoms with Gasteiger partial charge in [-0.1, -0.05) is 13.8 Å². The van der Waals surface area contributed by atoms with E-state index in [2.05, 4.69) is 21.2 Å². The third-order valence-corrected chi connectivity index (χ3v) is 4.21. The van der Waals surface area contributed by atoms with Crippen molar-refractivity contribution in [2.45, 2.75) is 39.3 Å². The lowest BCUT2D eigenvalue weighted by Gasteiger charge is -2.29. The van der Waals surface area contributed by atoms with Gasteiger partial charge in [-0.05, 0) is 34.5 Å². The highest BCUT2D eigenvalue weighted by Gasteiger charge is 2.40. The van der Waals surface area contributed by atoms with E-state index in [1.807, 2.05) is 13.8 Å². The Morgan fingerprint density at radius 3 is 2.59 bits per heavy atom. The average molecular weight is 371 g/mol. The van der Waals surface area contributed by atoms with E-state index >= 15 is 0 Å². The van der Waals surface area contributed by atoms with Crippen LogP contribution in [0.5, 0.6) is 0 Å². The Balaban J connectivity index is 0.000000847. The molecular formula is C15H16BrFN2O3. The summed E-state index contributed by atoms with van der Waals surface area (Å²) < 4.78 is 14.3. The zero-order valence-electron chi connectivity index (χ0n) is 12.3. The van der Waals surface area contributed by atoms with E-state index < -0.39 is 17.8 Å². The molecule has 1 aromatic rings. The summed E-state index contributed by atoms with van der Waals surface area (Å²) >= 11 is 3.08. The third kappa shape index (κ3) is 2.77. The molecular weight excluding hydrogens is 355 g/mol. The fraction of sp³-hybridized carbons (Fsp3) is 0.400. The van der Waals surface area contributed by atoms with Gasteiger partial charge in [-0.3, -0.25) is 19.7 Å². The summed E-state index contributed by atoms with van der Waals surface area (Å²) in [6.07, 6.45) is 0.454. The second-order valence-electron chi connectivity index (χ2n) is 4.79. The molecule has 1 unspecified atom stereocenters. The number of carbonyl (C=O) groups is 3. The van der Waals surface area contributed by atoms with Crippen molar-refractivity contribution in [1.82, 2.24) is 10.2 Å². The van der Waals surface area contributed by atoms with Crippen LogP contribution in [-0.2, 0) is 16.1 Å². The van der Waals surface area contributed by atoms with Gasteiger partial charge in [0.25, 0.3) is 5.91 Å². The number of fused-ring (bicyclic) bond motifs is 1. The molecule has 0 radical (unpaired) electrons. The highest BCUT2D eigenvalue weighted by atomic mass is 79.9. The van der Waals surface area contributed by atoms with Crippen molar-refractivity contribution < 1.29 is 18.8 Å². The molecule has 2 heterocycles. The molecule has 118 valence electrons. The number of amides is 3. The quantitative estimate of drug-likeness (QED) is 0.771. The molecule has 3 rings (SSSR count). The standard InChI is InChI=1S/C13H10BrFN2O3.C2H6/c14-8-2-1-6-7(11(8)15)5-17(13(6)20)9-3-4-10(18)16-12(9)19;1-2/h1-2,9H,3-5H2,(H,16,18,19);1-2H3. The molecule has 1 fully saturated rings. The van der Waals surface area contributed by atoms with Gasteiger partial charge in [-0.2, -0.15) is 0 Å². The van der Waals surface area contributed by atoms with Crippen molar-refractivity contribution >= 4 is 33.7 Å². The Labute approximate surface area is 136 Å². The van der Waals surface area contributed by atoms with Crippen LogP contribution in [0.15, 0.2) is 16.6 Å². The summed E-state index contributed by atoms with van der Waals surface area (Å²) in [6.45, 7) is 4.05. The predicted molar refractivity (Wildman–Crippen MR) is 81.5 cm³/mol. The van der Waals surface area contributed by atoms with E-state index in [1.54, 1.807) is 0 Å². The summed E-state index contributed by atoms with van der Waals surface area (Å²) in [5.74, 6) is -1.70. The van der Waals surface area contributed by atoms with Crippen molar-refractivity contribution in [3.63, 3.8) is 0 Å². The molecule has 5 nitrogen and oxygen atoms in total. The minimum Gasteiger partial charge on any atom is -0.322 e. The van der Waals surface area contributed by atoms with Crippen molar-refractivity contribution in [2.75, 3.05) is 0 Å². The van der Waals surface area contributed by atoms with E-state index in [0.29, 0.717) is 0 Å². The Hall–Kier alpha value is -1.76. The van der Waals surface area contributed by atoms with Crippen LogP contribution in [0.4, 0.5) is 4.39 Å². The highest BCUT2D eigenvalue weighted by Crippen LogP contribution is 2.32. The lowest BCUT2D eigenvalue weighted by atomic mass is 10.0. The predicted octanol–water partition coefficient (Wildman–Crippen LogP) is 2.38. The molecule has 1 aromatic carbocycles. The maximum atomic E-state index is 14.0. The summed E-state index contributed by atoms with van der Waals surface area (Å²) in [4.78, 5) is 36.5. The number of hydrogen-bond acceptors (Lipinski definition) is 3. The summed E-state index contributed by atoms with van der Waals surface area (Å²) in [5.41, 5.74) is 0.560. The van der Waals surface area contributed by atoms with E-state index in [0.717, 1.165) is 0 Å². The van der Waals surface area contributed by atoms with E-state index in [1.165, 1.54) is 17.0 Å². The van der Waals surface area contributed by atoms with Crippen molar-refractivity contribution in [1.29, 1.82) is 0 Å². The first-order chi connectivity index (χ1) is 10.5. The van der Waals surface area contributed by atoms with Gasteiger partial charge in [-0.25, -0.2) is 4.39 Å². The van der Waals surface area contributed by atoms with E-state index in [-0.39, 0.29) is 46.8 Å². The van der Waals surface area contributed by atoms with Crippen LogP contribution in [0.1, 0.15) is 42.6 Å². The smallest absolute Gasteiger partial charge is 0.255 e. The monoisotopic (exact) mass is 370 g/mol. The Bertz CT molecular complexity index is 648. The van der Waals surface area contributed by atoms with Crippen LogP contribution in [0.2, 0.25) is 0 Å². The van der Waals surface area contributed by atoms with Gasteiger partial charge < -0.3 is 4.90 Å². The van der Waals surface area contributed by atoms with Gasteiger partial charge in [0.2, 0.25) is 11.8 Å². The molecule has 0 saturated carbocycles. The molecule has 2 aliphatic rings. The van der Waals surface area contributed by atoms with Crippen LogP contribution < -0.4 is 5.32 Å². The molecule has 2 aliphatic heterocycles. The molecule has 0 bridgehead atoms. The average Bonchev–Trinajstić information content (AvgIpc) is 2.83. The van der Waals surface area contributed by atoms with Gasteiger partial charge in [0.1, 0.15) is 11.9 Å². The summed E-state index contributed by atoms with van der Waals surface area (Å²) in [5, 5.41) is 2.20. The summed E-state index contributed by atoms with van der Waals surface area (Å²) in [7, 11) is 0. The van der Waals surface area contributed by atoms with Gasteiger partial charge in [0.15, 0.2) is 0 Å². The Kier molecular flexibility index (Phi) is 4.95. The lowest BCUT2D eigenvalue weighted by Crippen LogP contribution is -2.52. The van der Waals surface area contributed by atoms with Gasteiger partial charge in [0.05, 0.1) is 11.0 Å². The number of piperidine rings is 1. The van der Waals surface area contributed by atoms with Crippen molar-refractivity contribution in [3.8, 4) is 0 Å². The van der Waals surface area contributed by atoms with Crippen molar-refractivity contribution in [2.24, 2.45) is 0 Å². The van der Waals surface area contributed by atoms with Crippen LogP contribution in [0.25, 0.3) is 0 Å². The number of benzene rings is 1. The largest absolute Gasteiger partial charge is 0.322 e. The first kappa shape index (κ1) is 16.6. The van der Waals surface area contributed by atoms with Crippen LogP contribution in [0, 0.1) is 5.82 Å². The highest BCUT2D eigenvalue weighted by molar-refractivity contribution is 9.10. The molecule has 3 amide bonds. The van der Waals surface area contributed by atoms with Gasteiger partial charge in [0, 0.05) is 17.5 Å². The first-order valence-electron chi connectivity index (χ1n) is 7.10. The minimum atomic E-state index is -0.717. The van der Waals surface area contributed by atoms with Crippen LogP contribution in [0.3, 0.4) is 0 Å². The number of imide groups is 1. The molecule has 0 spiro atoms. The van der Waals surface area contributed by atoms with Crippen LogP contribution in [-0.4, -0.2) is 28.7 Å². The second kappa shape index (κ2) is 6.56. The van der Waals surface area contributed by atoms with E-state index in [4.69, 9.17) is 0 Å². The number of nitrogens with one attached hydrogen (secondary N) is 1. The molecule has 7 heteroatoms. The fourth-order valence-electron chi connectivity index (χ4n) is 2.58. The molecule has 1 N–H and O–H groups in total. The van der Waals surface area contributed by atoms with Crippen LogP contribution >= 0.6 is 15.9 Å². The van der Waals surface area contributed by atoms with Gasteiger partial charge >= 0.3 is 0 Å². The minimum absolute atomic E-state index is 0.0473. The van der Waals surface area contributed by atoms with Gasteiger partial charge in [-0.15, -0.1) is 0 Å². The molecule has 1 atom stereocenters. The Morgan fingerprint density at radius 2 is 1.95 bits per heavy atom.